The number of ether oxygens (including phenoxy) is 1. The van der Waals surface area contributed by atoms with Crippen molar-refractivity contribution in [1.82, 2.24) is 10.1 Å². The first-order valence-electron chi connectivity index (χ1n) is 6.01. The Morgan fingerprint density at radius 2 is 2.22 bits per heavy atom. The number of methoxy groups -OCH3 is 1. The highest BCUT2D eigenvalue weighted by Gasteiger charge is 2.23. The summed E-state index contributed by atoms with van der Waals surface area (Å²) in [4.78, 5) is 4.33. The fourth-order valence-electron chi connectivity index (χ4n) is 1.82. The minimum Gasteiger partial charge on any atom is -0.496 e. The van der Waals surface area contributed by atoms with Crippen LogP contribution in [-0.4, -0.2) is 23.3 Å². The topological polar surface area (TPSA) is 60.2 Å². The second-order valence-corrected chi connectivity index (χ2v) is 4.53. The summed E-state index contributed by atoms with van der Waals surface area (Å²) in [6.07, 6.45) is 2.36. The Labute approximate surface area is 105 Å². The molecule has 1 N–H and O–H groups in total. The van der Waals surface area contributed by atoms with E-state index in [2.05, 4.69) is 15.5 Å². The Kier molecular flexibility index (Phi) is 2.66. The second-order valence-electron chi connectivity index (χ2n) is 4.53. The molecule has 1 saturated carbocycles. The maximum absolute atomic E-state index is 5.23. The van der Waals surface area contributed by atoms with Crippen molar-refractivity contribution in [2.75, 3.05) is 12.4 Å². The van der Waals surface area contributed by atoms with Gasteiger partial charge in [-0.1, -0.05) is 5.16 Å². The molecule has 1 aromatic heterocycles. The van der Waals surface area contributed by atoms with Crippen molar-refractivity contribution in [1.29, 1.82) is 0 Å². The van der Waals surface area contributed by atoms with Crippen LogP contribution in [-0.2, 0) is 0 Å². The number of nitrogens with zero attached hydrogens (tertiary/aromatic N) is 2. The van der Waals surface area contributed by atoms with Crippen LogP contribution in [0.5, 0.6) is 5.75 Å². The van der Waals surface area contributed by atoms with Crippen molar-refractivity contribution in [2.24, 2.45) is 0 Å². The summed E-state index contributed by atoms with van der Waals surface area (Å²) in [5, 5.41) is 7.15. The minimum atomic E-state index is 0.501. The van der Waals surface area contributed by atoms with E-state index in [0.29, 0.717) is 17.9 Å². The van der Waals surface area contributed by atoms with E-state index < -0.39 is 0 Å². The first-order valence-corrected chi connectivity index (χ1v) is 6.01. The molecular weight excluding hydrogens is 230 g/mol. The van der Waals surface area contributed by atoms with Crippen LogP contribution < -0.4 is 10.1 Å². The molecule has 1 heterocycles. The summed E-state index contributed by atoms with van der Waals surface area (Å²) >= 11 is 0. The third-order valence-electron chi connectivity index (χ3n) is 2.98. The van der Waals surface area contributed by atoms with Gasteiger partial charge in [0.15, 0.2) is 0 Å². The normalized spacial score (nSPS) is 14.6. The summed E-state index contributed by atoms with van der Waals surface area (Å²) < 4.78 is 10.4. The highest BCUT2D eigenvalue weighted by Crippen LogP contribution is 2.27. The molecule has 0 amide bonds. The van der Waals surface area contributed by atoms with Gasteiger partial charge in [0, 0.05) is 11.6 Å². The van der Waals surface area contributed by atoms with Gasteiger partial charge in [0.2, 0.25) is 5.82 Å². The van der Waals surface area contributed by atoms with Crippen LogP contribution in [0.3, 0.4) is 0 Å². The smallest absolute Gasteiger partial charge is 0.322 e. The lowest BCUT2D eigenvalue weighted by molar-refractivity contribution is 0.411. The molecule has 0 saturated heterocycles. The molecule has 3 rings (SSSR count). The monoisotopic (exact) mass is 245 g/mol. The van der Waals surface area contributed by atoms with E-state index in [1.54, 1.807) is 7.11 Å². The standard InChI is InChI=1S/C13H15N3O2/c1-8-7-9(3-6-11(8)17-2)12-15-13(18-16-12)14-10-4-5-10/h3,6-7,10H,4-5H2,1-2H3,(H,14,15,16). The first-order chi connectivity index (χ1) is 8.76. The molecule has 1 aliphatic carbocycles. The Bertz CT molecular complexity index is 561. The third kappa shape index (κ3) is 2.16. The lowest BCUT2D eigenvalue weighted by Gasteiger charge is -2.04. The van der Waals surface area contributed by atoms with Crippen LogP contribution >= 0.6 is 0 Å². The number of hydrogen-bond donors (Lipinski definition) is 1. The lowest BCUT2D eigenvalue weighted by atomic mass is 10.1. The first kappa shape index (κ1) is 11.1. The Hall–Kier alpha value is -2.04. The number of benzene rings is 1. The van der Waals surface area contributed by atoms with Gasteiger partial charge in [-0.25, -0.2) is 0 Å². The van der Waals surface area contributed by atoms with Crippen molar-refractivity contribution in [3.05, 3.63) is 23.8 Å². The van der Waals surface area contributed by atoms with E-state index in [1.807, 2.05) is 25.1 Å². The van der Waals surface area contributed by atoms with Crippen molar-refractivity contribution in [2.45, 2.75) is 25.8 Å². The van der Waals surface area contributed by atoms with Gasteiger partial charge in [-0.15, -0.1) is 0 Å². The fraction of sp³-hybridized carbons (Fsp3) is 0.385. The second kappa shape index (κ2) is 4.33. The number of rotatable bonds is 4. The molecule has 18 heavy (non-hydrogen) atoms. The van der Waals surface area contributed by atoms with Crippen molar-refractivity contribution in [3.8, 4) is 17.1 Å². The van der Waals surface area contributed by atoms with E-state index in [-0.39, 0.29) is 0 Å². The minimum absolute atomic E-state index is 0.501. The van der Waals surface area contributed by atoms with E-state index >= 15 is 0 Å². The lowest BCUT2D eigenvalue weighted by Crippen LogP contribution is -2.00. The van der Waals surface area contributed by atoms with Gasteiger partial charge < -0.3 is 14.6 Å². The molecule has 0 radical (unpaired) electrons. The third-order valence-corrected chi connectivity index (χ3v) is 2.98. The van der Waals surface area contributed by atoms with Crippen LogP contribution in [0, 0.1) is 6.92 Å². The molecule has 5 heteroatoms. The largest absolute Gasteiger partial charge is 0.496 e. The maximum Gasteiger partial charge on any atom is 0.322 e. The number of hydrogen-bond acceptors (Lipinski definition) is 5. The summed E-state index contributed by atoms with van der Waals surface area (Å²) in [7, 11) is 1.66. The summed E-state index contributed by atoms with van der Waals surface area (Å²) in [6.45, 7) is 1.99. The molecule has 0 spiro atoms. The number of nitrogens with one attached hydrogen (secondary N) is 1. The zero-order chi connectivity index (χ0) is 12.5. The van der Waals surface area contributed by atoms with Gasteiger partial charge in [-0.3, -0.25) is 0 Å². The Morgan fingerprint density at radius 1 is 1.39 bits per heavy atom. The predicted octanol–water partition coefficient (Wildman–Crippen LogP) is 2.63. The van der Waals surface area contributed by atoms with Gasteiger partial charge in [0.1, 0.15) is 5.75 Å². The number of aromatic nitrogens is 2. The van der Waals surface area contributed by atoms with Gasteiger partial charge in [-0.05, 0) is 43.5 Å². The molecule has 0 bridgehead atoms. The Balaban J connectivity index is 1.84. The zero-order valence-corrected chi connectivity index (χ0v) is 10.4. The van der Waals surface area contributed by atoms with Gasteiger partial charge in [-0.2, -0.15) is 4.98 Å². The fourth-order valence-corrected chi connectivity index (χ4v) is 1.82. The van der Waals surface area contributed by atoms with Crippen LogP contribution in [0.25, 0.3) is 11.4 Å². The van der Waals surface area contributed by atoms with Crippen molar-refractivity contribution in [3.63, 3.8) is 0 Å². The van der Waals surface area contributed by atoms with Crippen molar-refractivity contribution >= 4 is 6.01 Å². The molecule has 0 aliphatic heterocycles. The molecule has 5 nitrogen and oxygen atoms in total. The predicted molar refractivity (Wildman–Crippen MR) is 67.7 cm³/mol. The molecule has 1 aromatic carbocycles. The van der Waals surface area contributed by atoms with E-state index in [4.69, 9.17) is 9.26 Å². The van der Waals surface area contributed by atoms with Gasteiger partial charge in [0.25, 0.3) is 0 Å². The van der Waals surface area contributed by atoms with Crippen LogP contribution in [0.2, 0.25) is 0 Å². The molecule has 0 unspecified atom stereocenters. The highest BCUT2D eigenvalue weighted by atomic mass is 16.5. The van der Waals surface area contributed by atoms with Crippen LogP contribution in [0.1, 0.15) is 18.4 Å². The molecule has 1 fully saturated rings. The molecular formula is C13H15N3O2. The highest BCUT2D eigenvalue weighted by molar-refractivity contribution is 5.59. The summed E-state index contributed by atoms with van der Waals surface area (Å²) in [5.74, 6) is 1.46. The van der Waals surface area contributed by atoms with Crippen LogP contribution in [0.15, 0.2) is 22.7 Å². The molecule has 1 aliphatic rings. The SMILES string of the molecule is COc1ccc(-c2noc(NC3CC3)n2)cc1C. The number of aryl methyl sites for hydroxylation is 1. The Morgan fingerprint density at radius 3 is 2.89 bits per heavy atom. The van der Waals surface area contributed by atoms with Crippen molar-refractivity contribution < 1.29 is 9.26 Å². The van der Waals surface area contributed by atoms with E-state index in [0.717, 1.165) is 16.9 Å². The van der Waals surface area contributed by atoms with Gasteiger partial charge in [0.05, 0.1) is 7.11 Å². The van der Waals surface area contributed by atoms with E-state index in [1.165, 1.54) is 12.8 Å². The average molecular weight is 245 g/mol. The van der Waals surface area contributed by atoms with Gasteiger partial charge >= 0.3 is 6.01 Å². The quantitative estimate of drug-likeness (QED) is 0.897. The zero-order valence-electron chi connectivity index (χ0n) is 10.4. The molecule has 0 atom stereocenters. The maximum atomic E-state index is 5.23. The summed E-state index contributed by atoms with van der Waals surface area (Å²) in [6, 6.07) is 6.84. The summed E-state index contributed by atoms with van der Waals surface area (Å²) in [5.41, 5.74) is 1.98. The average Bonchev–Trinajstić information content (AvgIpc) is 3.05. The molecule has 2 aromatic rings. The van der Waals surface area contributed by atoms with Crippen LogP contribution in [0.4, 0.5) is 6.01 Å². The van der Waals surface area contributed by atoms with E-state index in [9.17, 15) is 0 Å². The number of anilines is 1. The molecule has 94 valence electrons.